The van der Waals surface area contributed by atoms with Gasteiger partial charge in [-0.05, 0) is 24.7 Å². The van der Waals surface area contributed by atoms with Crippen molar-refractivity contribution in [3.63, 3.8) is 0 Å². The summed E-state index contributed by atoms with van der Waals surface area (Å²) in [6, 6.07) is 0. The van der Waals surface area contributed by atoms with E-state index in [2.05, 4.69) is 43.8 Å². The number of guanidine groups is 1. The smallest absolute Gasteiger partial charge is 0.194 e. The molecule has 0 aromatic carbocycles. The normalized spacial score (nSPS) is 25.5. The minimum Gasteiger partial charge on any atom is -0.349 e. The first kappa shape index (κ1) is 14.4. The van der Waals surface area contributed by atoms with Crippen molar-refractivity contribution in [1.29, 1.82) is 0 Å². The monoisotopic (exact) mass is 290 g/mol. The molecule has 6 heteroatoms. The van der Waals surface area contributed by atoms with E-state index in [1.54, 1.807) is 0 Å². The summed E-state index contributed by atoms with van der Waals surface area (Å²) < 4.78 is 2.24. The molecule has 1 aromatic rings. The van der Waals surface area contributed by atoms with E-state index < -0.39 is 0 Å². The molecule has 0 amide bonds. The Balaban J connectivity index is 1.61. The fraction of sp³-hybridized carbons (Fsp3) is 0.800. The van der Waals surface area contributed by atoms with Crippen LogP contribution in [0.1, 0.15) is 44.8 Å². The molecule has 1 aromatic heterocycles. The van der Waals surface area contributed by atoms with Crippen molar-refractivity contribution in [3.05, 3.63) is 11.6 Å². The van der Waals surface area contributed by atoms with Gasteiger partial charge in [0.25, 0.3) is 0 Å². The Kier molecular flexibility index (Phi) is 3.87. The van der Waals surface area contributed by atoms with Crippen LogP contribution in [-0.4, -0.2) is 45.8 Å². The van der Waals surface area contributed by atoms with Crippen LogP contribution in [0.2, 0.25) is 0 Å². The SMILES string of the molecule is CCC1(C)CCN(C(=NC)NCc2nnc3n2CCC3)C1. The van der Waals surface area contributed by atoms with Gasteiger partial charge in [-0.2, -0.15) is 0 Å². The van der Waals surface area contributed by atoms with Crippen LogP contribution < -0.4 is 5.32 Å². The summed E-state index contributed by atoms with van der Waals surface area (Å²) in [5.74, 6) is 3.14. The standard InChI is InChI=1S/C15H26N6/c1-4-15(2)7-9-20(11-15)14(16-3)17-10-13-19-18-12-6-5-8-21(12)13/h4-11H2,1-3H3,(H,16,17). The van der Waals surface area contributed by atoms with Crippen molar-refractivity contribution >= 4 is 5.96 Å². The first-order chi connectivity index (χ1) is 10.1. The largest absolute Gasteiger partial charge is 0.349 e. The lowest BCUT2D eigenvalue weighted by atomic mass is 9.87. The van der Waals surface area contributed by atoms with E-state index in [9.17, 15) is 0 Å². The van der Waals surface area contributed by atoms with Crippen LogP contribution in [0.15, 0.2) is 4.99 Å². The Labute approximate surface area is 126 Å². The second-order valence-electron chi connectivity index (χ2n) is 6.52. The highest BCUT2D eigenvalue weighted by atomic mass is 15.3. The van der Waals surface area contributed by atoms with Gasteiger partial charge >= 0.3 is 0 Å². The van der Waals surface area contributed by atoms with Gasteiger partial charge in [0.2, 0.25) is 0 Å². The Morgan fingerprint density at radius 2 is 2.24 bits per heavy atom. The average Bonchev–Trinajstić information content (AvgIpc) is 3.17. The van der Waals surface area contributed by atoms with Gasteiger partial charge < -0.3 is 14.8 Å². The molecule has 0 bridgehead atoms. The maximum Gasteiger partial charge on any atom is 0.194 e. The van der Waals surface area contributed by atoms with Crippen LogP contribution >= 0.6 is 0 Å². The highest BCUT2D eigenvalue weighted by Gasteiger charge is 2.33. The Hall–Kier alpha value is -1.59. The molecule has 1 fully saturated rings. The second kappa shape index (κ2) is 5.66. The van der Waals surface area contributed by atoms with Gasteiger partial charge in [0, 0.05) is 33.1 Å². The molecule has 21 heavy (non-hydrogen) atoms. The zero-order valence-electron chi connectivity index (χ0n) is 13.4. The van der Waals surface area contributed by atoms with Crippen molar-refractivity contribution in [3.8, 4) is 0 Å². The fourth-order valence-electron chi connectivity index (χ4n) is 3.33. The Bertz CT molecular complexity index is 534. The number of hydrogen-bond donors (Lipinski definition) is 1. The quantitative estimate of drug-likeness (QED) is 0.676. The summed E-state index contributed by atoms with van der Waals surface area (Å²) in [6.45, 7) is 8.57. The summed E-state index contributed by atoms with van der Waals surface area (Å²) in [5.41, 5.74) is 0.424. The zero-order valence-corrected chi connectivity index (χ0v) is 13.4. The molecule has 2 aliphatic rings. The van der Waals surface area contributed by atoms with E-state index in [4.69, 9.17) is 0 Å². The molecule has 3 rings (SSSR count). The molecule has 1 unspecified atom stereocenters. The predicted molar refractivity (Wildman–Crippen MR) is 83.1 cm³/mol. The van der Waals surface area contributed by atoms with Crippen LogP contribution in [0.25, 0.3) is 0 Å². The summed E-state index contributed by atoms with van der Waals surface area (Å²) in [4.78, 5) is 6.80. The first-order valence-electron chi connectivity index (χ1n) is 8.02. The number of hydrogen-bond acceptors (Lipinski definition) is 3. The molecule has 0 radical (unpaired) electrons. The lowest BCUT2D eigenvalue weighted by molar-refractivity contribution is 0.322. The van der Waals surface area contributed by atoms with E-state index >= 15 is 0 Å². The number of likely N-dealkylation sites (tertiary alicyclic amines) is 1. The molecule has 0 saturated carbocycles. The highest BCUT2D eigenvalue weighted by molar-refractivity contribution is 5.80. The minimum atomic E-state index is 0.424. The third-order valence-corrected chi connectivity index (χ3v) is 5.01. The van der Waals surface area contributed by atoms with E-state index in [0.29, 0.717) is 12.0 Å². The predicted octanol–water partition coefficient (Wildman–Crippen LogP) is 1.42. The molecule has 0 spiro atoms. The van der Waals surface area contributed by atoms with Gasteiger partial charge in [0.15, 0.2) is 11.8 Å². The maximum absolute atomic E-state index is 4.44. The number of fused-ring (bicyclic) bond motifs is 1. The highest BCUT2D eigenvalue weighted by Crippen LogP contribution is 2.32. The average molecular weight is 290 g/mol. The van der Waals surface area contributed by atoms with E-state index in [0.717, 1.165) is 43.7 Å². The van der Waals surface area contributed by atoms with Gasteiger partial charge in [-0.15, -0.1) is 10.2 Å². The molecule has 2 aliphatic heterocycles. The van der Waals surface area contributed by atoms with Crippen molar-refractivity contribution < 1.29 is 0 Å². The molecule has 6 nitrogen and oxygen atoms in total. The number of aliphatic imine (C=N–C) groups is 1. The van der Waals surface area contributed by atoms with Crippen LogP contribution in [0.4, 0.5) is 0 Å². The van der Waals surface area contributed by atoms with E-state index in [-0.39, 0.29) is 0 Å². The fourth-order valence-corrected chi connectivity index (χ4v) is 3.33. The van der Waals surface area contributed by atoms with Crippen LogP contribution in [0.5, 0.6) is 0 Å². The lowest BCUT2D eigenvalue weighted by Gasteiger charge is -2.25. The van der Waals surface area contributed by atoms with Gasteiger partial charge in [-0.25, -0.2) is 0 Å². The first-order valence-corrected chi connectivity index (χ1v) is 8.02. The summed E-state index contributed by atoms with van der Waals surface area (Å²) in [6.07, 6.45) is 4.71. The molecular weight excluding hydrogens is 264 g/mol. The zero-order chi connectivity index (χ0) is 14.9. The van der Waals surface area contributed by atoms with Crippen LogP contribution in [0.3, 0.4) is 0 Å². The maximum atomic E-state index is 4.44. The van der Waals surface area contributed by atoms with Crippen molar-refractivity contribution in [1.82, 2.24) is 25.0 Å². The van der Waals surface area contributed by atoms with E-state index in [1.165, 1.54) is 19.3 Å². The number of aryl methyl sites for hydroxylation is 1. The molecule has 0 aliphatic carbocycles. The lowest BCUT2D eigenvalue weighted by Crippen LogP contribution is -2.41. The van der Waals surface area contributed by atoms with Gasteiger partial charge in [0.05, 0.1) is 6.54 Å². The van der Waals surface area contributed by atoms with Crippen molar-refractivity contribution in [2.75, 3.05) is 20.1 Å². The molecule has 1 atom stereocenters. The number of nitrogens with one attached hydrogen (secondary N) is 1. The Morgan fingerprint density at radius 3 is 2.95 bits per heavy atom. The molecular formula is C15H26N6. The van der Waals surface area contributed by atoms with Gasteiger partial charge in [-0.3, -0.25) is 4.99 Å². The van der Waals surface area contributed by atoms with Crippen molar-refractivity contribution in [2.45, 2.75) is 52.6 Å². The molecule has 116 valence electrons. The third kappa shape index (κ3) is 2.76. The number of aromatic nitrogens is 3. The number of nitrogens with zero attached hydrogens (tertiary/aromatic N) is 5. The molecule has 1 N–H and O–H groups in total. The topological polar surface area (TPSA) is 58.3 Å². The molecule has 1 saturated heterocycles. The van der Waals surface area contributed by atoms with Crippen molar-refractivity contribution in [2.24, 2.45) is 10.4 Å². The van der Waals surface area contributed by atoms with Gasteiger partial charge in [-0.1, -0.05) is 13.8 Å². The van der Waals surface area contributed by atoms with Gasteiger partial charge in [0.1, 0.15) is 5.82 Å². The number of rotatable bonds is 3. The van der Waals surface area contributed by atoms with Crippen LogP contribution in [0, 0.1) is 5.41 Å². The Morgan fingerprint density at radius 1 is 1.38 bits per heavy atom. The summed E-state index contributed by atoms with van der Waals surface area (Å²) in [7, 11) is 1.86. The second-order valence-corrected chi connectivity index (χ2v) is 6.52. The molecule has 3 heterocycles. The summed E-state index contributed by atoms with van der Waals surface area (Å²) in [5, 5.41) is 12.0. The third-order valence-electron chi connectivity index (χ3n) is 5.01. The summed E-state index contributed by atoms with van der Waals surface area (Å²) >= 11 is 0. The van der Waals surface area contributed by atoms with Crippen LogP contribution in [-0.2, 0) is 19.5 Å². The van der Waals surface area contributed by atoms with E-state index in [1.807, 2.05) is 7.05 Å². The minimum absolute atomic E-state index is 0.424.